The van der Waals surface area contributed by atoms with Crippen LogP contribution in [0.5, 0.6) is 0 Å². The van der Waals surface area contributed by atoms with Gasteiger partial charge < -0.3 is 4.90 Å². The smallest absolute Gasteiger partial charge is 0.248 e. The number of likely N-dealkylation sites (N-methyl/N-ethyl adjacent to an activating group) is 1. The number of hydrogen-bond acceptors (Lipinski definition) is 3. The second-order valence-electron chi connectivity index (χ2n) is 4.68. The quantitative estimate of drug-likeness (QED) is 0.856. The number of anilines is 1. The van der Waals surface area contributed by atoms with Crippen molar-refractivity contribution in [2.75, 3.05) is 18.0 Å². The van der Waals surface area contributed by atoms with Crippen LogP contribution in [-0.4, -0.2) is 29.7 Å². The van der Waals surface area contributed by atoms with Gasteiger partial charge in [-0.2, -0.15) is 0 Å². The first-order chi connectivity index (χ1) is 10.2. The summed E-state index contributed by atoms with van der Waals surface area (Å²) in [5.74, 6) is -0.0213. The molecule has 0 unspecified atom stereocenters. The first-order valence-corrected chi connectivity index (χ1v) is 7.14. The summed E-state index contributed by atoms with van der Waals surface area (Å²) in [6.07, 6.45) is 1.71. The molecule has 1 aliphatic heterocycles. The number of carbonyl (C=O) groups is 1. The molecule has 1 aromatic carbocycles. The molecule has 2 heterocycles. The topological polar surface area (TPSA) is 45.6 Å². The van der Waals surface area contributed by atoms with E-state index in [2.05, 4.69) is 9.98 Å². The molecule has 0 fully saturated rings. The fourth-order valence-electron chi connectivity index (χ4n) is 2.45. The Bertz CT molecular complexity index is 713. The Morgan fingerprint density at radius 2 is 2.14 bits per heavy atom. The highest BCUT2D eigenvalue weighted by molar-refractivity contribution is 6.31. The fourth-order valence-corrected chi connectivity index (χ4v) is 2.63. The fraction of sp³-hybridized carbons (Fsp3) is 0.188. The van der Waals surface area contributed by atoms with E-state index in [0.29, 0.717) is 17.3 Å². The molecule has 3 rings (SSSR count). The molecule has 4 nitrogen and oxygen atoms in total. The lowest BCUT2D eigenvalue weighted by Crippen LogP contribution is -2.32. The van der Waals surface area contributed by atoms with E-state index in [9.17, 15) is 4.79 Å². The van der Waals surface area contributed by atoms with Crippen molar-refractivity contribution in [3.63, 3.8) is 0 Å². The number of benzene rings is 1. The SMILES string of the molecule is CCN1C(=O)CN=C(c2ccccn2)c2cc(Cl)ccc21. The van der Waals surface area contributed by atoms with Crippen LogP contribution in [0.15, 0.2) is 47.6 Å². The van der Waals surface area contributed by atoms with E-state index in [1.807, 2.05) is 37.3 Å². The van der Waals surface area contributed by atoms with Crippen LogP contribution in [0.4, 0.5) is 5.69 Å². The lowest BCUT2D eigenvalue weighted by Gasteiger charge is -2.21. The first-order valence-electron chi connectivity index (χ1n) is 6.77. The van der Waals surface area contributed by atoms with Crippen molar-refractivity contribution in [1.29, 1.82) is 0 Å². The van der Waals surface area contributed by atoms with Crippen LogP contribution in [0, 0.1) is 0 Å². The molecule has 1 aromatic heterocycles. The van der Waals surface area contributed by atoms with Gasteiger partial charge in [0.1, 0.15) is 6.54 Å². The Hall–Kier alpha value is -2.20. The van der Waals surface area contributed by atoms with Gasteiger partial charge in [0.05, 0.1) is 17.1 Å². The summed E-state index contributed by atoms with van der Waals surface area (Å²) in [5.41, 5.74) is 3.12. The normalized spacial score (nSPS) is 14.5. The van der Waals surface area contributed by atoms with Gasteiger partial charge in [-0.1, -0.05) is 17.7 Å². The number of hydrogen-bond donors (Lipinski definition) is 0. The van der Waals surface area contributed by atoms with Crippen LogP contribution < -0.4 is 4.90 Å². The number of pyridine rings is 1. The highest BCUT2D eigenvalue weighted by atomic mass is 35.5. The third-order valence-electron chi connectivity index (χ3n) is 3.40. The van der Waals surface area contributed by atoms with E-state index >= 15 is 0 Å². The average Bonchev–Trinajstić information content (AvgIpc) is 2.64. The third-order valence-corrected chi connectivity index (χ3v) is 3.64. The predicted molar refractivity (Wildman–Crippen MR) is 84.2 cm³/mol. The summed E-state index contributed by atoms with van der Waals surface area (Å²) in [5, 5.41) is 0.614. The molecule has 0 radical (unpaired) electrons. The third kappa shape index (κ3) is 2.54. The summed E-state index contributed by atoms with van der Waals surface area (Å²) in [7, 11) is 0. The van der Waals surface area contributed by atoms with Gasteiger partial charge in [-0.15, -0.1) is 0 Å². The van der Waals surface area contributed by atoms with Gasteiger partial charge in [-0.25, -0.2) is 0 Å². The molecule has 0 saturated carbocycles. The lowest BCUT2D eigenvalue weighted by atomic mass is 10.0. The van der Waals surface area contributed by atoms with Gasteiger partial charge in [-0.3, -0.25) is 14.8 Å². The standard InChI is InChI=1S/C16H14ClN3O/c1-2-20-14-7-6-11(17)9-12(14)16(19-10-15(20)21)13-5-3-4-8-18-13/h3-9H,2,10H2,1H3. The number of aromatic nitrogens is 1. The van der Waals surface area contributed by atoms with Crippen LogP contribution in [0.2, 0.25) is 5.02 Å². The number of benzodiazepines with no additional fused rings is 1. The minimum Gasteiger partial charge on any atom is -0.310 e. The number of aliphatic imine (C=N–C) groups is 1. The Kier molecular flexibility index (Phi) is 3.71. The molecule has 1 aliphatic rings. The van der Waals surface area contributed by atoms with Gasteiger partial charge in [-0.05, 0) is 37.3 Å². The number of halogens is 1. The van der Waals surface area contributed by atoms with Gasteiger partial charge in [0.15, 0.2) is 0 Å². The van der Waals surface area contributed by atoms with Gasteiger partial charge >= 0.3 is 0 Å². The summed E-state index contributed by atoms with van der Waals surface area (Å²) in [6.45, 7) is 2.66. The van der Waals surface area contributed by atoms with E-state index in [1.165, 1.54) is 0 Å². The van der Waals surface area contributed by atoms with Crippen molar-refractivity contribution in [2.45, 2.75) is 6.92 Å². The lowest BCUT2D eigenvalue weighted by molar-refractivity contribution is -0.117. The van der Waals surface area contributed by atoms with Crippen LogP contribution >= 0.6 is 11.6 Å². The highest BCUT2D eigenvalue weighted by Crippen LogP contribution is 2.28. The number of fused-ring (bicyclic) bond motifs is 1. The molecule has 0 bridgehead atoms. The molecule has 0 aliphatic carbocycles. The van der Waals surface area contributed by atoms with Crippen molar-refractivity contribution in [3.8, 4) is 0 Å². The predicted octanol–water partition coefficient (Wildman–Crippen LogP) is 2.94. The minimum atomic E-state index is -0.0213. The summed E-state index contributed by atoms with van der Waals surface area (Å²) in [6, 6.07) is 11.1. The monoisotopic (exact) mass is 299 g/mol. The van der Waals surface area contributed by atoms with Gasteiger partial charge in [0.25, 0.3) is 0 Å². The molecule has 2 aromatic rings. The van der Waals surface area contributed by atoms with Crippen LogP contribution in [-0.2, 0) is 4.79 Å². The maximum atomic E-state index is 12.2. The van der Waals surface area contributed by atoms with Gasteiger partial charge in [0, 0.05) is 23.3 Å². The second-order valence-corrected chi connectivity index (χ2v) is 5.12. The zero-order valence-electron chi connectivity index (χ0n) is 11.6. The first kappa shape index (κ1) is 13.8. The van der Waals surface area contributed by atoms with Crippen molar-refractivity contribution in [2.24, 2.45) is 4.99 Å². The second kappa shape index (κ2) is 5.66. The largest absolute Gasteiger partial charge is 0.310 e. The molecular formula is C16H14ClN3O. The van der Waals surface area contributed by atoms with E-state index in [1.54, 1.807) is 17.2 Å². The highest BCUT2D eigenvalue weighted by Gasteiger charge is 2.24. The zero-order valence-corrected chi connectivity index (χ0v) is 12.3. The molecule has 0 atom stereocenters. The van der Waals surface area contributed by atoms with Crippen LogP contribution in [0.3, 0.4) is 0 Å². The summed E-state index contributed by atoms with van der Waals surface area (Å²) in [4.78, 5) is 22.8. The maximum absolute atomic E-state index is 12.2. The molecule has 0 spiro atoms. The Labute approximate surface area is 128 Å². The summed E-state index contributed by atoms with van der Waals surface area (Å²) < 4.78 is 0. The van der Waals surface area contributed by atoms with E-state index < -0.39 is 0 Å². The van der Waals surface area contributed by atoms with Crippen molar-refractivity contribution in [3.05, 3.63) is 58.9 Å². The molecule has 21 heavy (non-hydrogen) atoms. The van der Waals surface area contributed by atoms with E-state index in [4.69, 9.17) is 11.6 Å². The van der Waals surface area contributed by atoms with Crippen LogP contribution in [0.25, 0.3) is 0 Å². The Morgan fingerprint density at radius 3 is 2.86 bits per heavy atom. The number of carbonyl (C=O) groups excluding carboxylic acids is 1. The number of rotatable bonds is 2. The Morgan fingerprint density at radius 1 is 1.29 bits per heavy atom. The number of amides is 1. The average molecular weight is 300 g/mol. The summed E-state index contributed by atoms with van der Waals surface area (Å²) >= 11 is 6.13. The molecule has 5 heteroatoms. The molecule has 0 N–H and O–H groups in total. The maximum Gasteiger partial charge on any atom is 0.248 e. The molecular weight excluding hydrogens is 286 g/mol. The molecule has 106 valence electrons. The van der Waals surface area contributed by atoms with Crippen molar-refractivity contribution < 1.29 is 4.79 Å². The van der Waals surface area contributed by atoms with Crippen molar-refractivity contribution >= 4 is 28.9 Å². The Balaban J connectivity index is 2.22. The molecule has 1 amide bonds. The zero-order chi connectivity index (χ0) is 14.8. The van der Waals surface area contributed by atoms with Gasteiger partial charge in [0.2, 0.25) is 5.91 Å². The van der Waals surface area contributed by atoms with Crippen molar-refractivity contribution in [1.82, 2.24) is 4.98 Å². The van der Waals surface area contributed by atoms with Crippen LogP contribution in [0.1, 0.15) is 18.2 Å². The van der Waals surface area contributed by atoms with E-state index in [-0.39, 0.29) is 12.5 Å². The van der Waals surface area contributed by atoms with E-state index in [0.717, 1.165) is 16.9 Å². The molecule has 0 saturated heterocycles. The minimum absolute atomic E-state index is 0.0213. The number of nitrogens with zero attached hydrogens (tertiary/aromatic N) is 3.